The lowest BCUT2D eigenvalue weighted by Crippen LogP contribution is -2.32. The van der Waals surface area contributed by atoms with Gasteiger partial charge in [-0.3, -0.25) is 4.79 Å². The van der Waals surface area contributed by atoms with Gasteiger partial charge in [-0.2, -0.15) is 0 Å². The predicted molar refractivity (Wildman–Crippen MR) is 67.3 cm³/mol. The van der Waals surface area contributed by atoms with Crippen LogP contribution in [0.2, 0.25) is 0 Å². The molecule has 0 aromatic heterocycles. The van der Waals surface area contributed by atoms with Crippen LogP contribution >= 0.6 is 0 Å². The number of hydrogen-bond donors (Lipinski definition) is 0. The first kappa shape index (κ1) is 10.1. The minimum atomic E-state index is 0.288. The molecule has 0 radical (unpaired) electrons. The molecule has 6 atom stereocenters. The van der Waals surface area contributed by atoms with Gasteiger partial charge in [-0.1, -0.05) is 23.8 Å². The number of allylic oxidation sites excluding steroid dienone is 4. The molecular weight excluding hydrogens is 208 g/mol. The molecule has 0 heterocycles. The molecule has 17 heavy (non-hydrogen) atoms. The SMILES string of the molecule is CC1=CC[C@H]2[C@@H]3C[C@H]3C[C@@H]2C(=O)[C@@H]2CC=C[C@H]12. The van der Waals surface area contributed by atoms with E-state index in [0.29, 0.717) is 23.5 Å². The Morgan fingerprint density at radius 1 is 1.12 bits per heavy atom. The highest BCUT2D eigenvalue weighted by Crippen LogP contribution is 2.61. The molecule has 0 amide bonds. The summed E-state index contributed by atoms with van der Waals surface area (Å²) in [6.07, 6.45) is 11.7. The highest BCUT2D eigenvalue weighted by Gasteiger charge is 2.56. The summed E-state index contributed by atoms with van der Waals surface area (Å²) in [5, 5.41) is 0. The van der Waals surface area contributed by atoms with Crippen molar-refractivity contribution in [2.45, 2.75) is 32.6 Å². The molecule has 2 saturated carbocycles. The summed E-state index contributed by atoms with van der Waals surface area (Å²) in [4.78, 5) is 12.7. The summed E-state index contributed by atoms with van der Waals surface area (Å²) in [6, 6.07) is 0. The number of fused-ring (bicyclic) bond motifs is 4. The molecule has 0 aromatic carbocycles. The lowest BCUT2D eigenvalue weighted by Gasteiger charge is -2.30. The zero-order chi connectivity index (χ0) is 11.6. The van der Waals surface area contributed by atoms with Gasteiger partial charge in [0.1, 0.15) is 5.78 Å². The fraction of sp³-hybridized carbons (Fsp3) is 0.688. The lowest BCUT2D eigenvalue weighted by atomic mass is 9.73. The van der Waals surface area contributed by atoms with Crippen LogP contribution in [0.25, 0.3) is 0 Å². The third kappa shape index (κ3) is 1.34. The minimum Gasteiger partial charge on any atom is -0.299 e. The first-order valence-corrected chi connectivity index (χ1v) is 7.12. The van der Waals surface area contributed by atoms with Crippen LogP contribution in [0.1, 0.15) is 32.6 Å². The highest BCUT2D eigenvalue weighted by atomic mass is 16.1. The third-order valence-electron chi connectivity index (χ3n) is 5.74. The van der Waals surface area contributed by atoms with E-state index in [4.69, 9.17) is 0 Å². The van der Waals surface area contributed by atoms with Gasteiger partial charge in [0.15, 0.2) is 0 Å². The molecule has 1 nitrogen and oxygen atoms in total. The van der Waals surface area contributed by atoms with E-state index >= 15 is 0 Å². The first-order chi connectivity index (χ1) is 8.25. The Bertz CT molecular complexity index is 431. The van der Waals surface area contributed by atoms with Gasteiger partial charge in [0.05, 0.1) is 0 Å². The maximum atomic E-state index is 12.7. The van der Waals surface area contributed by atoms with E-state index < -0.39 is 0 Å². The summed E-state index contributed by atoms with van der Waals surface area (Å²) in [6.45, 7) is 2.22. The van der Waals surface area contributed by atoms with Crippen molar-refractivity contribution in [2.75, 3.05) is 0 Å². The second-order valence-electron chi connectivity index (χ2n) is 6.55. The van der Waals surface area contributed by atoms with Crippen LogP contribution in [0.3, 0.4) is 0 Å². The van der Waals surface area contributed by atoms with Gasteiger partial charge in [-0.15, -0.1) is 0 Å². The molecule has 0 spiro atoms. The summed E-state index contributed by atoms with van der Waals surface area (Å²) in [5.41, 5.74) is 1.44. The molecule has 0 saturated heterocycles. The average molecular weight is 228 g/mol. The molecule has 0 N–H and O–H groups in total. The first-order valence-electron chi connectivity index (χ1n) is 7.12. The molecular formula is C16H20O. The predicted octanol–water partition coefficient (Wildman–Crippen LogP) is 3.37. The second kappa shape index (κ2) is 3.34. The zero-order valence-corrected chi connectivity index (χ0v) is 10.4. The standard InChI is InChI=1S/C16H20O/c1-9-5-6-12-14-7-10(14)8-15(12)16(17)13-4-2-3-11(9)13/h2-3,5,10-15H,4,6-8H2,1H3/t10-,11+,12-,13+,14+,15-/m0/s1. The number of ketones is 1. The Balaban J connectivity index is 1.71. The molecule has 0 bridgehead atoms. The normalized spacial score (nSPS) is 51.1. The van der Waals surface area contributed by atoms with Crippen LogP contribution in [0.15, 0.2) is 23.8 Å². The number of hydrogen-bond acceptors (Lipinski definition) is 1. The summed E-state index contributed by atoms with van der Waals surface area (Å²) in [7, 11) is 0. The van der Waals surface area contributed by atoms with Crippen LogP contribution < -0.4 is 0 Å². The molecule has 2 fully saturated rings. The van der Waals surface area contributed by atoms with Crippen LogP contribution in [0.4, 0.5) is 0 Å². The molecule has 1 heteroatoms. The third-order valence-corrected chi connectivity index (χ3v) is 5.74. The van der Waals surface area contributed by atoms with Crippen LogP contribution in [-0.4, -0.2) is 5.78 Å². The van der Waals surface area contributed by atoms with Gasteiger partial charge in [-0.25, -0.2) is 0 Å². The Morgan fingerprint density at radius 2 is 2.00 bits per heavy atom. The topological polar surface area (TPSA) is 17.1 Å². The van der Waals surface area contributed by atoms with E-state index in [1.54, 1.807) is 0 Å². The minimum absolute atomic E-state index is 0.288. The number of rotatable bonds is 0. The Hall–Kier alpha value is -0.850. The molecule has 0 aromatic rings. The fourth-order valence-electron chi connectivity index (χ4n) is 4.68. The van der Waals surface area contributed by atoms with E-state index in [-0.39, 0.29) is 5.92 Å². The maximum Gasteiger partial charge on any atom is 0.140 e. The second-order valence-corrected chi connectivity index (χ2v) is 6.55. The van der Waals surface area contributed by atoms with Gasteiger partial charge in [0.25, 0.3) is 0 Å². The highest BCUT2D eigenvalue weighted by molar-refractivity contribution is 5.86. The summed E-state index contributed by atoms with van der Waals surface area (Å²) < 4.78 is 0. The molecule has 90 valence electrons. The van der Waals surface area contributed by atoms with E-state index in [0.717, 1.165) is 18.3 Å². The van der Waals surface area contributed by atoms with E-state index in [1.165, 1.54) is 24.8 Å². The van der Waals surface area contributed by atoms with Crippen molar-refractivity contribution in [1.29, 1.82) is 0 Å². The maximum absolute atomic E-state index is 12.7. The lowest BCUT2D eigenvalue weighted by molar-refractivity contribution is -0.129. The van der Waals surface area contributed by atoms with E-state index in [2.05, 4.69) is 25.2 Å². The Labute approximate surface area is 103 Å². The quantitative estimate of drug-likeness (QED) is 0.581. The monoisotopic (exact) mass is 228 g/mol. The van der Waals surface area contributed by atoms with Crippen molar-refractivity contribution in [3.05, 3.63) is 23.8 Å². The van der Waals surface area contributed by atoms with Gasteiger partial charge in [0.2, 0.25) is 0 Å². The van der Waals surface area contributed by atoms with Crippen LogP contribution in [-0.2, 0) is 4.79 Å². The Morgan fingerprint density at radius 3 is 2.88 bits per heavy atom. The average Bonchev–Trinajstić information content (AvgIpc) is 2.79. The molecule has 4 aliphatic rings. The smallest absolute Gasteiger partial charge is 0.140 e. The van der Waals surface area contributed by atoms with Crippen molar-refractivity contribution in [3.63, 3.8) is 0 Å². The van der Waals surface area contributed by atoms with Gasteiger partial charge >= 0.3 is 0 Å². The van der Waals surface area contributed by atoms with Crippen LogP contribution in [0.5, 0.6) is 0 Å². The van der Waals surface area contributed by atoms with Gasteiger partial charge in [-0.05, 0) is 50.4 Å². The number of Topliss-reactive ketones (excluding diaryl/α,β-unsaturated/α-hetero) is 1. The van der Waals surface area contributed by atoms with E-state index in [1.807, 2.05) is 0 Å². The Kier molecular flexibility index (Phi) is 1.98. The van der Waals surface area contributed by atoms with Crippen molar-refractivity contribution < 1.29 is 4.79 Å². The molecule has 0 aliphatic heterocycles. The van der Waals surface area contributed by atoms with Crippen molar-refractivity contribution >= 4 is 5.78 Å². The number of carbonyl (C=O) groups excluding carboxylic acids is 1. The summed E-state index contributed by atoms with van der Waals surface area (Å²) >= 11 is 0. The summed E-state index contributed by atoms with van der Waals surface area (Å²) in [5.74, 6) is 4.24. The number of carbonyl (C=O) groups is 1. The van der Waals surface area contributed by atoms with Crippen molar-refractivity contribution in [1.82, 2.24) is 0 Å². The van der Waals surface area contributed by atoms with Crippen LogP contribution in [0, 0.1) is 35.5 Å². The molecule has 0 unspecified atom stereocenters. The zero-order valence-electron chi connectivity index (χ0n) is 10.4. The fourth-order valence-corrected chi connectivity index (χ4v) is 4.68. The van der Waals surface area contributed by atoms with Gasteiger partial charge < -0.3 is 0 Å². The molecule has 4 rings (SSSR count). The van der Waals surface area contributed by atoms with E-state index in [9.17, 15) is 4.79 Å². The molecule has 4 aliphatic carbocycles. The van der Waals surface area contributed by atoms with Gasteiger partial charge in [0, 0.05) is 17.8 Å². The van der Waals surface area contributed by atoms with Crippen molar-refractivity contribution in [2.24, 2.45) is 35.5 Å². The largest absolute Gasteiger partial charge is 0.299 e. The van der Waals surface area contributed by atoms with Crippen molar-refractivity contribution in [3.8, 4) is 0 Å².